The van der Waals surface area contributed by atoms with Crippen LogP contribution >= 0.6 is 0 Å². The Morgan fingerprint density at radius 3 is 2.24 bits per heavy atom. The molecule has 3 aromatic rings. The highest BCUT2D eigenvalue weighted by molar-refractivity contribution is 6.06. The summed E-state index contributed by atoms with van der Waals surface area (Å²) in [6, 6.07) is 13.9. The van der Waals surface area contributed by atoms with E-state index in [-0.39, 0.29) is 17.0 Å². The molecule has 0 unspecified atom stereocenters. The van der Waals surface area contributed by atoms with Gasteiger partial charge in [-0.15, -0.1) is 0 Å². The van der Waals surface area contributed by atoms with Crippen molar-refractivity contribution in [3.8, 4) is 0 Å². The van der Waals surface area contributed by atoms with Crippen LogP contribution in [0.1, 0.15) is 20.9 Å². The van der Waals surface area contributed by atoms with Crippen molar-refractivity contribution in [2.75, 3.05) is 29.6 Å². The first-order valence-electron chi connectivity index (χ1n) is 8.57. The molecule has 0 aliphatic heterocycles. The highest BCUT2D eigenvalue weighted by atomic mass is 16.6. The number of carbonyl (C=O) groups is 2. The molecule has 0 aliphatic rings. The average molecular weight is 394 g/mol. The summed E-state index contributed by atoms with van der Waals surface area (Å²) in [7, 11) is 3.37. The fourth-order valence-electron chi connectivity index (χ4n) is 2.67. The van der Waals surface area contributed by atoms with E-state index in [0.29, 0.717) is 17.1 Å². The Balaban J connectivity index is 1.76. The molecule has 9 heteroatoms. The highest BCUT2D eigenvalue weighted by Gasteiger charge is 2.19. The molecule has 1 heterocycles. The average Bonchev–Trinajstić information content (AvgIpc) is 3.22. The van der Waals surface area contributed by atoms with E-state index >= 15 is 0 Å². The monoisotopic (exact) mass is 394 g/mol. The van der Waals surface area contributed by atoms with E-state index in [0.717, 1.165) is 0 Å². The second kappa shape index (κ2) is 8.26. The minimum atomic E-state index is -0.531. The molecule has 0 fully saturated rings. The molecule has 0 aliphatic carbocycles. The van der Waals surface area contributed by atoms with Crippen LogP contribution in [0, 0.1) is 10.1 Å². The molecule has 0 saturated heterocycles. The molecule has 2 N–H and O–H groups in total. The number of nitrogens with one attached hydrogen (secondary N) is 2. The Morgan fingerprint density at radius 1 is 0.966 bits per heavy atom. The van der Waals surface area contributed by atoms with Crippen molar-refractivity contribution < 1.29 is 18.9 Å². The van der Waals surface area contributed by atoms with Gasteiger partial charge in [0, 0.05) is 37.1 Å². The van der Waals surface area contributed by atoms with E-state index in [2.05, 4.69) is 10.6 Å². The lowest BCUT2D eigenvalue weighted by Gasteiger charge is -2.13. The van der Waals surface area contributed by atoms with E-state index < -0.39 is 16.7 Å². The smallest absolute Gasteiger partial charge is 0.293 e. The van der Waals surface area contributed by atoms with E-state index in [4.69, 9.17) is 4.42 Å². The normalized spacial score (nSPS) is 10.3. The van der Waals surface area contributed by atoms with Gasteiger partial charge in [-0.25, -0.2) is 0 Å². The first-order valence-corrected chi connectivity index (χ1v) is 8.57. The van der Waals surface area contributed by atoms with Crippen LogP contribution in [-0.4, -0.2) is 30.8 Å². The molecule has 0 atom stereocenters. The maximum Gasteiger partial charge on any atom is 0.293 e. The van der Waals surface area contributed by atoms with Crippen molar-refractivity contribution in [2.45, 2.75) is 0 Å². The van der Waals surface area contributed by atoms with E-state index in [1.54, 1.807) is 49.3 Å². The van der Waals surface area contributed by atoms with Gasteiger partial charge in [0.05, 0.1) is 11.2 Å². The molecule has 9 nitrogen and oxygen atoms in total. The van der Waals surface area contributed by atoms with Gasteiger partial charge in [-0.1, -0.05) is 6.07 Å². The minimum Gasteiger partial charge on any atom is -0.459 e. The van der Waals surface area contributed by atoms with Crippen molar-refractivity contribution >= 4 is 34.6 Å². The number of benzene rings is 2. The summed E-state index contributed by atoms with van der Waals surface area (Å²) in [6.45, 7) is 0. The molecule has 2 aromatic carbocycles. The Bertz CT molecular complexity index is 1060. The standard InChI is InChI=1S/C20H18N4O5/c1-23(2)16-9-8-13(11-17(16)24(27)28)19(25)21-14-5-3-6-15(12-14)22-20(26)18-7-4-10-29-18/h3-12H,1-2H3,(H,21,25)(H,22,26). The summed E-state index contributed by atoms with van der Waals surface area (Å²) < 4.78 is 5.04. The zero-order valence-corrected chi connectivity index (χ0v) is 15.7. The third-order valence-electron chi connectivity index (χ3n) is 4.04. The van der Waals surface area contributed by atoms with Gasteiger partial charge in [-0.05, 0) is 42.5 Å². The summed E-state index contributed by atoms with van der Waals surface area (Å²) in [5.41, 5.74) is 1.26. The predicted molar refractivity (Wildman–Crippen MR) is 108 cm³/mol. The van der Waals surface area contributed by atoms with Gasteiger partial charge in [-0.3, -0.25) is 19.7 Å². The molecule has 148 valence electrons. The number of furan rings is 1. The Hall–Kier alpha value is -4.14. The zero-order valence-electron chi connectivity index (χ0n) is 15.7. The number of carbonyl (C=O) groups excluding carboxylic acids is 2. The van der Waals surface area contributed by atoms with Gasteiger partial charge in [0.2, 0.25) is 0 Å². The Labute approximate surface area is 166 Å². The lowest BCUT2D eigenvalue weighted by molar-refractivity contribution is -0.384. The van der Waals surface area contributed by atoms with Gasteiger partial charge in [0.25, 0.3) is 17.5 Å². The molecular weight excluding hydrogens is 376 g/mol. The fraction of sp³-hybridized carbons (Fsp3) is 0.100. The number of nitro benzene ring substituents is 1. The van der Waals surface area contributed by atoms with Crippen LogP contribution in [0.25, 0.3) is 0 Å². The number of hydrogen-bond acceptors (Lipinski definition) is 6. The molecule has 0 saturated carbocycles. The third kappa shape index (κ3) is 4.59. The highest BCUT2D eigenvalue weighted by Crippen LogP contribution is 2.28. The number of nitro groups is 1. The van der Waals surface area contributed by atoms with Gasteiger partial charge < -0.3 is 20.0 Å². The second-order valence-corrected chi connectivity index (χ2v) is 6.32. The van der Waals surface area contributed by atoms with Crippen LogP contribution in [0.3, 0.4) is 0 Å². The first kappa shape index (κ1) is 19.6. The maximum absolute atomic E-state index is 12.5. The van der Waals surface area contributed by atoms with Crippen molar-refractivity contribution in [1.82, 2.24) is 0 Å². The van der Waals surface area contributed by atoms with Crippen molar-refractivity contribution in [3.63, 3.8) is 0 Å². The zero-order chi connectivity index (χ0) is 21.0. The second-order valence-electron chi connectivity index (χ2n) is 6.32. The summed E-state index contributed by atoms with van der Waals surface area (Å²) >= 11 is 0. The van der Waals surface area contributed by atoms with Crippen molar-refractivity contribution in [1.29, 1.82) is 0 Å². The number of anilines is 3. The number of rotatable bonds is 6. The third-order valence-corrected chi connectivity index (χ3v) is 4.04. The van der Waals surface area contributed by atoms with Gasteiger partial charge in [0.15, 0.2) is 5.76 Å². The van der Waals surface area contributed by atoms with E-state index in [1.165, 1.54) is 30.5 Å². The Morgan fingerprint density at radius 2 is 1.66 bits per heavy atom. The van der Waals surface area contributed by atoms with Gasteiger partial charge in [0.1, 0.15) is 5.69 Å². The lowest BCUT2D eigenvalue weighted by Crippen LogP contribution is -2.15. The Kier molecular flexibility index (Phi) is 5.59. The van der Waals surface area contributed by atoms with E-state index in [9.17, 15) is 19.7 Å². The van der Waals surface area contributed by atoms with Gasteiger partial charge in [-0.2, -0.15) is 0 Å². The van der Waals surface area contributed by atoms with Crippen LogP contribution in [0.2, 0.25) is 0 Å². The molecule has 1 aromatic heterocycles. The van der Waals surface area contributed by atoms with E-state index in [1.807, 2.05) is 0 Å². The molecular formula is C20H18N4O5. The quantitative estimate of drug-likeness (QED) is 0.485. The molecule has 2 amide bonds. The molecule has 0 bridgehead atoms. The summed E-state index contributed by atoms with van der Waals surface area (Å²) in [5, 5.41) is 16.6. The fourth-order valence-corrected chi connectivity index (χ4v) is 2.67. The number of nitrogens with zero attached hydrogens (tertiary/aromatic N) is 2. The topological polar surface area (TPSA) is 118 Å². The van der Waals surface area contributed by atoms with Crippen molar-refractivity contribution in [2.24, 2.45) is 0 Å². The lowest BCUT2D eigenvalue weighted by atomic mass is 10.1. The van der Waals surface area contributed by atoms with Crippen LogP contribution < -0.4 is 15.5 Å². The van der Waals surface area contributed by atoms with Gasteiger partial charge >= 0.3 is 0 Å². The predicted octanol–water partition coefficient (Wildman–Crippen LogP) is 3.76. The minimum absolute atomic E-state index is 0.146. The number of hydrogen-bond donors (Lipinski definition) is 2. The summed E-state index contributed by atoms with van der Waals surface area (Å²) in [6.07, 6.45) is 1.40. The van der Waals surface area contributed by atoms with Crippen LogP contribution in [0.5, 0.6) is 0 Å². The summed E-state index contributed by atoms with van der Waals surface area (Å²) in [5.74, 6) is -0.769. The van der Waals surface area contributed by atoms with Crippen LogP contribution in [0.4, 0.5) is 22.7 Å². The molecule has 3 rings (SSSR count). The van der Waals surface area contributed by atoms with Crippen LogP contribution in [0.15, 0.2) is 65.3 Å². The molecule has 0 radical (unpaired) electrons. The SMILES string of the molecule is CN(C)c1ccc(C(=O)Nc2cccc(NC(=O)c3ccco3)c2)cc1[N+](=O)[O-]. The van der Waals surface area contributed by atoms with Crippen molar-refractivity contribution in [3.05, 3.63) is 82.3 Å². The maximum atomic E-state index is 12.5. The molecule has 29 heavy (non-hydrogen) atoms. The summed E-state index contributed by atoms with van der Waals surface area (Å²) in [4.78, 5) is 37.0. The largest absolute Gasteiger partial charge is 0.459 e. The number of amides is 2. The first-order chi connectivity index (χ1) is 13.8. The molecule has 0 spiro atoms. The van der Waals surface area contributed by atoms with Crippen LogP contribution in [-0.2, 0) is 0 Å².